The molecule has 0 heterocycles. The smallest absolute Gasteiger partial charge is 1.00 e. The Hall–Kier alpha value is 1.50. The van der Waals surface area contributed by atoms with Crippen molar-refractivity contribution >= 4 is 7.35 Å². The van der Waals surface area contributed by atoms with Gasteiger partial charge in [-0.1, -0.05) is 0 Å². The first-order valence-electron chi connectivity index (χ1n) is 0.471. The predicted molar refractivity (Wildman–Crippen MR) is 20.9 cm³/mol. The van der Waals surface area contributed by atoms with Crippen LogP contribution in [0.5, 0.6) is 0 Å². The van der Waals surface area contributed by atoms with Gasteiger partial charge >= 0.3 is 76.2 Å². The summed E-state index contributed by atoms with van der Waals surface area (Å²) in [7, 11) is -0.500. The van der Waals surface area contributed by atoms with E-state index in [2.05, 4.69) is 0 Å². The first kappa shape index (κ1) is 77.3. The molecule has 48 valence electrons. The standard InChI is InChI=1S/BO2.2Na.4H2O/c2-1-3;;;;;;/h;;;4*1H2/q-1;2*+1;;;;. The van der Waals surface area contributed by atoms with E-state index in [4.69, 9.17) is 9.73 Å². The molecule has 0 aromatic rings. The molecular formula is H8BNa2O6+. The van der Waals surface area contributed by atoms with Crippen LogP contribution in [-0.4, -0.2) is 29.3 Å². The summed E-state index contributed by atoms with van der Waals surface area (Å²) in [6.45, 7) is 0. The van der Waals surface area contributed by atoms with Crippen molar-refractivity contribution in [3.63, 3.8) is 0 Å². The van der Waals surface area contributed by atoms with Gasteiger partial charge in [-0.05, 0) is 0 Å². The molecule has 0 fully saturated rings. The van der Waals surface area contributed by atoms with Gasteiger partial charge in [-0.15, -0.1) is 0 Å². The molecule has 8 N–H and O–H groups in total. The summed E-state index contributed by atoms with van der Waals surface area (Å²) in [4.78, 5) is 0. The van der Waals surface area contributed by atoms with E-state index >= 15 is 0 Å². The molecule has 9 heteroatoms. The molecule has 0 spiro atoms. The molecule has 0 aliphatic rings. The van der Waals surface area contributed by atoms with Crippen LogP contribution in [0.3, 0.4) is 0 Å². The van der Waals surface area contributed by atoms with E-state index in [1.807, 2.05) is 0 Å². The molecule has 0 unspecified atom stereocenters. The zero-order valence-electron chi connectivity index (χ0n) is 5.39. The van der Waals surface area contributed by atoms with E-state index in [9.17, 15) is 0 Å². The average molecular weight is 161 g/mol. The average Bonchev–Trinajstić information content (AvgIpc) is 0.918. The predicted octanol–water partition coefficient (Wildman–Crippen LogP) is -11.0. The maximum Gasteiger partial charge on any atom is 1.00 e. The van der Waals surface area contributed by atoms with E-state index in [-0.39, 0.29) is 81.0 Å². The Bertz CT molecular complexity index is 18.5. The van der Waals surface area contributed by atoms with Crippen LogP contribution in [0.2, 0.25) is 0 Å². The molecule has 0 atom stereocenters. The van der Waals surface area contributed by atoms with Gasteiger partial charge in [0.15, 0.2) is 0 Å². The second kappa shape index (κ2) is 110. The summed E-state index contributed by atoms with van der Waals surface area (Å²) in [5.41, 5.74) is 0. The first-order valence-corrected chi connectivity index (χ1v) is 0.471. The maximum absolute atomic E-state index is 8.25. The third-order valence-corrected chi connectivity index (χ3v) is 0. The van der Waals surface area contributed by atoms with Crippen molar-refractivity contribution in [1.29, 1.82) is 0 Å². The van der Waals surface area contributed by atoms with Gasteiger partial charge in [0.05, 0.1) is 0 Å². The monoisotopic (exact) mass is 161 g/mol. The third-order valence-electron chi connectivity index (χ3n) is 0. The van der Waals surface area contributed by atoms with Crippen LogP contribution in [0.1, 0.15) is 0 Å². The second-order valence-electron chi connectivity index (χ2n) is 0.0962. The minimum absolute atomic E-state index is 0. The molecule has 0 saturated heterocycles. The number of rotatable bonds is 0. The SMILES string of the molecule is O.O.O.O.O=B[O-].[Na+].[Na+]. The molecule has 0 aromatic carbocycles. The van der Waals surface area contributed by atoms with Crippen molar-refractivity contribution < 1.29 is 90.7 Å². The summed E-state index contributed by atoms with van der Waals surface area (Å²) in [6.07, 6.45) is 0. The van der Waals surface area contributed by atoms with Gasteiger partial charge in [0.1, 0.15) is 0 Å². The van der Waals surface area contributed by atoms with E-state index in [0.29, 0.717) is 0 Å². The van der Waals surface area contributed by atoms with Crippen LogP contribution < -0.4 is 64.1 Å². The van der Waals surface area contributed by atoms with E-state index < -0.39 is 7.35 Å². The van der Waals surface area contributed by atoms with Gasteiger partial charge in [-0.2, -0.15) is 0 Å². The summed E-state index contributed by atoms with van der Waals surface area (Å²) in [5, 5.41) is 8.25. The summed E-state index contributed by atoms with van der Waals surface area (Å²) >= 11 is 0. The fourth-order valence-corrected chi connectivity index (χ4v) is 0. The zero-order chi connectivity index (χ0) is 2.71. The van der Waals surface area contributed by atoms with Crippen molar-refractivity contribution in [2.75, 3.05) is 0 Å². The molecule has 0 amide bonds. The van der Waals surface area contributed by atoms with Crippen LogP contribution in [0.25, 0.3) is 0 Å². The molecule has 9 heavy (non-hydrogen) atoms. The minimum atomic E-state index is -0.500. The van der Waals surface area contributed by atoms with Crippen LogP contribution >= 0.6 is 0 Å². The zero-order valence-corrected chi connectivity index (χ0v) is 9.39. The third kappa shape index (κ3) is 236. The molecule has 0 rings (SSSR count). The van der Waals surface area contributed by atoms with Gasteiger partial charge in [0.2, 0.25) is 0 Å². The van der Waals surface area contributed by atoms with E-state index in [0.717, 1.165) is 0 Å². The van der Waals surface area contributed by atoms with Gasteiger partial charge < -0.3 is 21.9 Å². The molecule has 6 nitrogen and oxygen atoms in total. The molecule has 0 radical (unpaired) electrons. The quantitative estimate of drug-likeness (QED) is 0.322. The molecule has 0 saturated carbocycles. The topological polar surface area (TPSA) is 166 Å². The Balaban J connectivity index is -0.00000000133. The Morgan fingerprint density at radius 2 is 0.889 bits per heavy atom. The first-order chi connectivity index (χ1) is 1.41. The summed E-state index contributed by atoms with van der Waals surface area (Å²) in [6, 6.07) is 0. The minimum Gasteiger partial charge on any atom is 1.00 e. The van der Waals surface area contributed by atoms with E-state index in [1.165, 1.54) is 0 Å². The van der Waals surface area contributed by atoms with Crippen LogP contribution in [-0.2, 0) is 4.70 Å². The van der Waals surface area contributed by atoms with Gasteiger partial charge in [-0.25, -0.2) is 0 Å². The number of hydrogen-bond donors (Lipinski definition) is 0. The molecule has 0 aliphatic carbocycles. The normalized spacial score (nSPS) is 0.889. The fourth-order valence-electron chi connectivity index (χ4n) is 0. The molecule has 0 bridgehead atoms. The molecule has 0 aromatic heterocycles. The second-order valence-corrected chi connectivity index (χ2v) is 0.0962. The number of hydrogen-bond acceptors (Lipinski definition) is 2. The van der Waals surface area contributed by atoms with Crippen molar-refractivity contribution in [1.82, 2.24) is 0 Å². The van der Waals surface area contributed by atoms with Crippen molar-refractivity contribution in [2.45, 2.75) is 0 Å². The van der Waals surface area contributed by atoms with Gasteiger partial charge in [0, 0.05) is 0 Å². The summed E-state index contributed by atoms with van der Waals surface area (Å²) in [5.74, 6) is 0. The maximum atomic E-state index is 8.25. The van der Waals surface area contributed by atoms with Crippen LogP contribution in [0, 0.1) is 0 Å². The molecular weight excluding hydrogens is 153 g/mol. The largest absolute Gasteiger partial charge is 1.00 e. The Morgan fingerprint density at radius 1 is 0.889 bits per heavy atom. The fraction of sp³-hybridized carbons (Fsp3) is 0. The summed E-state index contributed by atoms with van der Waals surface area (Å²) < 4.78 is 8.25. The Kier molecular flexibility index (Phi) is 941. The van der Waals surface area contributed by atoms with E-state index in [1.54, 1.807) is 0 Å². The van der Waals surface area contributed by atoms with Crippen molar-refractivity contribution in [3.8, 4) is 0 Å². The van der Waals surface area contributed by atoms with Crippen LogP contribution in [0.4, 0.5) is 0 Å². The Labute approximate surface area is 97.1 Å². The van der Waals surface area contributed by atoms with Gasteiger partial charge in [-0.3, -0.25) is 0 Å². The van der Waals surface area contributed by atoms with Gasteiger partial charge in [0.25, 0.3) is 0 Å². The Morgan fingerprint density at radius 3 is 0.889 bits per heavy atom. The van der Waals surface area contributed by atoms with Crippen molar-refractivity contribution in [3.05, 3.63) is 0 Å². The van der Waals surface area contributed by atoms with Crippen molar-refractivity contribution in [2.24, 2.45) is 0 Å². The van der Waals surface area contributed by atoms with Crippen LogP contribution in [0.15, 0.2) is 0 Å². The molecule has 0 aliphatic heterocycles.